The molecule has 0 N–H and O–H groups in total. The highest BCUT2D eigenvalue weighted by Gasteiger charge is 2.58. The van der Waals surface area contributed by atoms with Crippen LogP contribution in [0.1, 0.15) is 53.5 Å². The van der Waals surface area contributed by atoms with Crippen LogP contribution < -0.4 is 0 Å². The molecule has 0 bridgehead atoms. The lowest BCUT2D eigenvalue weighted by Crippen LogP contribution is -2.51. The summed E-state index contributed by atoms with van der Waals surface area (Å²) in [6.07, 6.45) is 4.56. The Morgan fingerprint density at radius 1 is 1.10 bits per heavy atom. The van der Waals surface area contributed by atoms with Gasteiger partial charge in [0, 0.05) is 44.4 Å². The Labute approximate surface area is 178 Å². The zero-order chi connectivity index (χ0) is 21.8. The van der Waals surface area contributed by atoms with E-state index in [1.807, 2.05) is 0 Å². The van der Waals surface area contributed by atoms with Crippen molar-refractivity contribution in [3.05, 3.63) is 59.2 Å². The Hall–Kier alpha value is -2.94. The molecule has 31 heavy (non-hydrogen) atoms. The summed E-state index contributed by atoms with van der Waals surface area (Å²) in [5.74, 6) is -1.06. The molecule has 0 radical (unpaired) electrons. The molecule has 3 fully saturated rings. The quantitative estimate of drug-likeness (QED) is 0.735. The molecule has 0 saturated carbocycles. The predicted octanol–water partition coefficient (Wildman–Crippen LogP) is 2.76. The largest absolute Gasteiger partial charge is 0.342 e. The second-order valence-electron chi connectivity index (χ2n) is 8.39. The summed E-state index contributed by atoms with van der Waals surface area (Å²) >= 11 is 0. The number of likely N-dealkylation sites (tertiary alicyclic amines) is 1. The molecule has 3 aliphatic rings. The fourth-order valence-electron chi connectivity index (χ4n) is 4.90. The fraction of sp³-hybridized carbons (Fsp3) is 0.455. The number of ether oxygens (including phenoxy) is 1. The fourth-order valence-corrected chi connectivity index (χ4v) is 4.90. The van der Waals surface area contributed by atoms with Gasteiger partial charge in [-0.15, -0.1) is 0 Å². The lowest BCUT2D eigenvalue weighted by molar-refractivity contribution is -0.142. The third kappa shape index (κ3) is 3.37. The molecule has 3 aliphatic heterocycles. The summed E-state index contributed by atoms with van der Waals surface area (Å²) in [6.45, 7) is 2.50. The molecule has 7 nitrogen and oxygen atoms in total. The van der Waals surface area contributed by atoms with Gasteiger partial charge in [0.2, 0.25) is 0 Å². The van der Waals surface area contributed by atoms with Crippen molar-refractivity contribution in [1.82, 2.24) is 19.8 Å². The summed E-state index contributed by atoms with van der Waals surface area (Å²) in [4.78, 5) is 37.6. The van der Waals surface area contributed by atoms with Crippen LogP contribution in [0.5, 0.6) is 0 Å². The van der Waals surface area contributed by atoms with Crippen molar-refractivity contribution in [1.29, 1.82) is 0 Å². The van der Waals surface area contributed by atoms with Crippen LogP contribution in [0.15, 0.2) is 30.6 Å². The Bertz CT molecular complexity index is 1020. The molecule has 3 saturated heterocycles. The van der Waals surface area contributed by atoms with E-state index in [0.29, 0.717) is 55.7 Å². The zero-order valence-electron chi connectivity index (χ0n) is 17.1. The molecule has 1 unspecified atom stereocenters. The van der Waals surface area contributed by atoms with Gasteiger partial charge in [0.05, 0.1) is 11.6 Å². The second-order valence-corrected chi connectivity index (χ2v) is 8.39. The van der Waals surface area contributed by atoms with Crippen LogP contribution in [0.4, 0.5) is 8.78 Å². The number of hydrogen-bond acceptors (Lipinski definition) is 5. The lowest BCUT2D eigenvalue weighted by Gasteiger charge is -2.37. The third-order valence-electron chi connectivity index (χ3n) is 6.47. The lowest BCUT2D eigenvalue weighted by atomic mass is 9.89. The van der Waals surface area contributed by atoms with Crippen molar-refractivity contribution in [2.45, 2.75) is 50.5 Å². The van der Waals surface area contributed by atoms with E-state index < -0.39 is 29.5 Å². The number of nitrogens with zero attached hydrogens (tertiary/aromatic N) is 4. The van der Waals surface area contributed by atoms with Crippen LogP contribution in [0.3, 0.4) is 0 Å². The second kappa shape index (κ2) is 7.33. The van der Waals surface area contributed by atoms with Crippen molar-refractivity contribution in [2.24, 2.45) is 0 Å². The number of carbonyl (C=O) groups excluding carboxylic acids is 2. The number of carbonyl (C=O) groups is 2. The molecular formula is C22H22F2N4O3. The minimum absolute atomic E-state index is 0.157. The Kier molecular flexibility index (Phi) is 4.73. The maximum absolute atomic E-state index is 13.7. The SMILES string of the molecule is Cc1ncc(C(=O)N2CCC3(CC2)OC2CC[C@@H](c4cc(F)cc(F)c4)N2C3=O)cn1. The summed E-state index contributed by atoms with van der Waals surface area (Å²) in [6, 6.07) is 2.97. The van der Waals surface area contributed by atoms with Gasteiger partial charge in [0.1, 0.15) is 23.7 Å². The first-order valence-corrected chi connectivity index (χ1v) is 10.4. The Morgan fingerprint density at radius 2 is 1.74 bits per heavy atom. The van der Waals surface area contributed by atoms with E-state index in [4.69, 9.17) is 4.74 Å². The zero-order valence-corrected chi connectivity index (χ0v) is 17.1. The Morgan fingerprint density at radius 3 is 2.39 bits per heavy atom. The Balaban J connectivity index is 1.31. The molecule has 1 spiro atoms. The van der Waals surface area contributed by atoms with E-state index >= 15 is 0 Å². The van der Waals surface area contributed by atoms with Gasteiger partial charge in [0.15, 0.2) is 5.60 Å². The molecule has 5 rings (SSSR count). The number of amides is 2. The standard InChI is InChI=1S/C22H22F2N4O3/c1-13-25-11-15(12-26-13)20(29)27-6-4-22(5-7-27)21(30)28-18(2-3-19(28)31-22)14-8-16(23)10-17(24)9-14/h8-12,18-19H,2-7H2,1H3/t18-,19?/m0/s1. The van der Waals surface area contributed by atoms with E-state index in [-0.39, 0.29) is 11.8 Å². The van der Waals surface area contributed by atoms with Gasteiger partial charge in [-0.25, -0.2) is 18.7 Å². The van der Waals surface area contributed by atoms with Crippen molar-refractivity contribution < 1.29 is 23.1 Å². The first-order chi connectivity index (χ1) is 14.9. The van der Waals surface area contributed by atoms with Crippen LogP contribution in [-0.4, -0.2) is 56.5 Å². The summed E-state index contributed by atoms with van der Waals surface area (Å²) in [7, 11) is 0. The molecule has 162 valence electrons. The average molecular weight is 428 g/mol. The normalized spacial score (nSPS) is 24.7. The molecule has 1 aromatic carbocycles. The molecule has 0 aliphatic carbocycles. The maximum atomic E-state index is 13.7. The minimum atomic E-state index is -0.990. The van der Waals surface area contributed by atoms with E-state index in [1.165, 1.54) is 24.5 Å². The van der Waals surface area contributed by atoms with Crippen molar-refractivity contribution in [3.63, 3.8) is 0 Å². The monoisotopic (exact) mass is 428 g/mol. The first-order valence-electron chi connectivity index (χ1n) is 10.4. The first kappa shape index (κ1) is 20.0. The number of hydrogen-bond donors (Lipinski definition) is 0. The smallest absolute Gasteiger partial charge is 0.257 e. The number of piperidine rings is 1. The van der Waals surface area contributed by atoms with Crippen LogP contribution in [0.25, 0.3) is 0 Å². The number of aromatic nitrogens is 2. The van der Waals surface area contributed by atoms with Crippen molar-refractivity contribution >= 4 is 11.8 Å². The van der Waals surface area contributed by atoms with Gasteiger partial charge in [-0.3, -0.25) is 9.59 Å². The van der Waals surface area contributed by atoms with E-state index in [0.717, 1.165) is 6.07 Å². The van der Waals surface area contributed by atoms with Crippen molar-refractivity contribution in [2.75, 3.05) is 13.1 Å². The highest BCUT2D eigenvalue weighted by Crippen LogP contribution is 2.47. The van der Waals surface area contributed by atoms with Gasteiger partial charge in [-0.1, -0.05) is 0 Å². The van der Waals surface area contributed by atoms with Gasteiger partial charge in [0.25, 0.3) is 11.8 Å². The number of fused-ring (bicyclic) bond motifs is 1. The number of benzene rings is 1. The summed E-state index contributed by atoms with van der Waals surface area (Å²) in [5, 5.41) is 0. The average Bonchev–Trinajstić information content (AvgIpc) is 3.26. The highest BCUT2D eigenvalue weighted by molar-refractivity contribution is 5.94. The third-order valence-corrected chi connectivity index (χ3v) is 6.47. The van der Waals surface area contributed by atoms with Gasteiger partial charge in [-0.2, -0.15) is 0 Å². The van der Waals surface area contributed by atoms with Gasteiger partial charge < -0.3 is 14.5 Å². The maximum Gasteiger partial charge on any atom is 0.257 e. The van der Waals surface area contributed by atoms with Gasteiger partial charge in [-0.05, 0) is 37.5 Å². The molecule has 2 atom stereocenters. The van der Waals surface area contributed by atoms with Crippen LogP contribution >= 0.6 is 0 Å². The van der Waals surface area contributed by atoms with E-state index in [1.54, 1.807) is 16.7 Å². The molecule has 2 amide bonds. The highest BCUT2D eigenvalue weighted by atomic mass is 19.1. The van der Waals surface area contributed by atoms with Crippen LogP contribution in [-0.2, 0) is 9.53 Å². The number of halogens is 2. The van der Waals surface area contributed by atoms with Crippen LogP contribution in [0.2, 0.25) is 0 Å². The van der Waals surface area contributed by atoms with Crippen molar-refractivity contribution in [3.8, 4) is 0 Å². The van der Waals surface area contributed by atoms with Crippen LogP contribution in [0, 0.1) is 18.6 Å². The van der Waals surface area contributed by atoms with E-state index in [9.17, 15) is 18.4 Å². The molecule has 4 heterocycles. The topological polar surface area (TPSA) is 75.6 Å². The summed E-state index contributed by atoms with van der Waals surface area (Å²) < 4.78 is 33.7. The molecule has 2 aromatic rings. The van der Waals surface area contributed by atoms with E-state index in [2.05, 4.69) is 9.97 Å². The van der Waals surface area contributed by atoms with Gasteiger partial charge >= 0.3 is 0 Å². The minimum Gasteiger partial charge on any atom is -0.342 e. The number of rotatable bonds is 2. The molecule has 1 aromatic heterocycles. The molecular weight excluding hydrogens is 406 g/mol. The summed E-state index contributed by atoms with van der Waals surface area (Å²) in [5.41, 5.74) is -0.134. The number of aryl methyl sites for hydroxylation is 1. The predicted molar refractivity (Wildman–Crippen MR) is 105 cm³/mol. The molecule has 9 heteroatoms.